The van der Waals surface area contributed by atoms with Crippen LogP contribution in [0.3, 0.4) is 0 Å². The van der Waals surface area contributed by atoms with E-state index in [2.05, 4.69) is 10.2 Å². The molecule has 0 saturated carbocycles. The Hall–Kier alpha value is -3.06. The predicted octanol–water partition coefficient (Wildman–Crippen LogP) is 2.28. The zero-order valence-electron chi connectivity index (χ0n) is 15.6. The third-order valence-corrected chi connectivity index (χ3v) is 4.86. The monoisotopic (exact) mass is 381 g/mol. The fourth-order valence-electron chi connectivity index (χ4n) is 3.41. The molecule has 2 aromatic rings. The van der Waals surface area contributed by atoms with Gasteiger partial charge in [-0.1, -0.05) is 12.1 Å². The molecule has 1 N–H and O–H groups in total. The fraction of sp³-hybridized carbons (Fsp3) is 0.333. The number of anilines is 3. The van der Waals surface area contributed by atoms with Gasteiger partial charge >= 0.3 is 0 Å². The number of benzene rings is 2. The van der Waals surface area contributed by atoms with Crippen LogP contribution in [-0.4, -0.2) is 51.3 Å². The highest BCUT2D eigenvalue weighted by atomic mass is 16.5. The first-order valence-electron chi connectivity index (χ1n) is 9.45. The Kier molecular flexibility index (Phi) is 5.43. The first kappa shape index (κ1) is 18.3. The topological polar surface area (TPSA) is 71.1 Å². The van der Waals surface area contributed by atoms with Gasteiger partial charge in [-0.15, -0.1) is 0 Å². The normalized spacial score (nSPS) is 16.8. The SMILES string of the molecule is O=C(CN1C(=O)CCOc2ccccc21)Nc1ccc(N2CCOCC2)cc1. The van der Waals surface area contributed by atoms with Crippen molar-refractivity contribution < 1.29 is 19.1 Å². The molecule has 2 amide bonds. The van der Waals surface area contributed by atoms with Crippen molar-refractivity contribution in [1.82, 2.24) is 0 Å². The van der Waals surface area contributed by atoms with Crippen LogP contribution >= 0.6 is 0 Å². The van der Waals surface area contributed by atoms with Crippen LogP contribution < -0.4 is 19.9 Å². The van der Waals surface area contributed by atoms with Gasteiger partial charge in [-0.2, -0.15) is 0 Å². The molecule has 2 heterocycles. The van der Waals surface area contributed by atoms with Crippen molar-refractivity contribution in [1.29, 1.82) is 0 Å². The number of hydrogen-bond donors (Lipinski definition) is 1. The highest BCUT2D eigenvalue weighted by Crippen LogP contribution is 2.30. The summed E-state index contributed by atoms with van der Waals surface area (Å²) in [6.07, 6.45) is 0.246. The number of fused-ring (bicyclic) bond motifs is 1. The Morgan fingerprint density at radius 1 is 1.00 bits per heavy atom. The second-order valence-electron chi connectivity index (χ2n) is 6.74. The van der Waals surface area contributed by atoms with Crippen LogP contribution in [0.25, 0.3) is 0 Å². The maximum Gasteiger partial charge on any atom is 0.244 e. The summed E-state index contributed by atoms with van der Waals surface area (Å²) in [7, 11) is 0. The number of nitrogens with zero attached hydrogens (tertiary/aromatic N) is 2. The van der Waals surface area contributed by atoms with E-state index in [1.807, 2.05) is 42.5 Å². The number of rotatable bonds is 4. The Morgan fingerprint density at radius 3 is 2.54 bits per heavy atom. The van der Waals surface area contributed by atoms with Gasteiger partial charge < -0.3 is 19.7 Å². The molecule has 0 aliphatic carbocycles. The number of carbonyl (C=O) groups is 2. The van der Waals surface area contributed by atoms with Gasteiger partial charge in [0.1, 0.15) is 12.3 Å². The van der Waals surface area contributed by atoms with E-state index in [1.54, 1.807) is 6.07 Å². The summed E-state index contributed by atoms with van der Waals surface area (Å²) in [5.41, 5.74) is 2.44. The minimum atomic E-state index is -0.246. The number of morpholine rings is 1. The molecule has 1 fully saturated rings. The molecule has 0 radical (unpaired) electrons. The quantitative estimate of drug-likeness (QED) is 0.880. The van der Waals surface area contributed by atoms with Crippen molar-refractivity contribution in [2.24, 2.45) is 0 Å². The van der Waals surface area contributed by atoms with Gasteiger partial charge in [0.15, 0.2) is 0 Å². The minimum Gasteiger partial charge on any atom is -0.491 e. The summed E-state index contributed by atoms with van der Waals surface area (Å²) in [5.74, 6) is 0.253. The summed E-state index contributed by atoms with van der Waals surface area (Å²) in [6, 6.07) is 15.0. The Labute approximate surface area is 163 Å². The summed E-state index contributed by atoms with van der Waals surface area (Å²) >= 11 is 0. The average Bonchev–Trinajstić information content (AvgIpc) is 2.88. The van der Waals surface area contributed by atoms with Crippen molar-refractivity contribution in [2.75, 3.05) is 54.6 Å². The van der Waals surface area contributed by atoms with Gasteiger partial charge in [-0.3, -0.25) is 14.5 Å². The summed E-state index contributed by atoms with van der Waals surface area (Å²) in [4.78, 5) is 28.7. The van der Waals surface area contributed by atoms with Crippen LogP contribution in [0.2, 0.25) is 0 Å². The molecule has 1 saturated heterocycles. The van der Waals surface area contributed by atoms with Crippen LogP contribution in [0.5, 0.6) is 5.75 Å². The van der Waals surface area contributed by atoms with Gasteiger partial charge in [0, 0.05) is 24.5 Å². The van der Waals surface area contributed by atoms with Crippen molar-refractivity contribution in [3.8, 4) is 5.75 Å². The molecule has 0 aromatic heterocycles. The lowest BCUT2D eigenvalue weighted by Gasteiger charge is -2.29. The number of carbonyl (C=O) groups excluding carboxylic acids is 2. The van der Waals surface area contributed by atoms with Crippen molar-refractivity contribution in [2.45, 2.75) is 6.42 Å². The van der Waals surface area contributed by atoms with Crippen LogP contribution in [0.4, 0.5) is 17.1 Å². The zero-order chi connectivity index (χ0) is 19.3. The van der Waals surface area contributed by atoms with Crippen molar-refractivity contribution in [3.05, 3.63) is 48.5 Å². The van der Waals surface area contributed by atoms with Crippen LogP contribution in [-0.2, 0) is 14.3 Å². The van der Waals surface area contributed by atoms with Gasteiger partial charge in [0.05, 0.1) is 31.9 Å². The fourth-order valence-corrected chi connectivity index (χ4v) is 3.41. The van der Waals surface area contributed by atoms with Gasteiger partial charge in [0.25, 0.3) is 0 Å². The number of amides is 2. The third kappa shape index (κ3) is 4.09. The van der Waals surface area contributed by atoms with E-state index in [1.165, 1.54) is 4.90 Å². The van der Waals surface area contributed by atoms with E-state index in [-0.39, 0.29) is 24.8 Å². The highest BCUT2D eigenvalue weighted by Gasteiger charge is 2.25. The Morgan fingerprint density at radius 2 is 1.75 bits per heavy atom. The summed E-state index contributed by atoms with van der Waals surface area (Å²) in [5, 5.41) is 2.87. The van der Waals surface area contributed by atoms with Gasteiger partial charge in [-0.25, -0.2) is 0 Å². The average molecular weight is 381 g/mol. The molecular weight excluding hydrogens is 358 g/mol. The highest BCUT2D eigenvalue weighted by molar-refractivity contribution is 6.03. The van der Waals surface area contributed by atoms with E-state index in [4.69, 9.17) is 9.47 Å². The predicted molar refractivity (Wildman–Crippen MR) is 107 cm³/mol. The molecule has 0 unspecified atom stereocenters. The second kappa shape index (κ2) is 8.31. The molecule has 4 rings (SSSR count). The molecule has 7 heteroatoms. The maximum absolute atomic E-state index is 12.6. The van der Waals surface area contributed by atoms with E-state index in [0.29, 0.717) is 23.7 Å². The molecule has 0 bridgehead atoms. The molecule has 2 aromatic carbocycles. The molecular formula is C21H23N3O4. The Bertz CT molecular complexity index is 847. The molecule has 0 atom stereocenters. The molecule has 146 valence electrons. The zero-order valence-corrected chi connectivity index (χ0v) is 15.6. The maximum atomic E-state index is 12.6. The van der Waals surface area contributed by atoms with E-state index < -0.39 is 0 Å². The number of nitrogens with one attached hydrogen (secondary N) is 1. The van der Waals surface area contributed by atoms with E-state index in [9.17, 15) is 9.59 Å². The number of hydrogen-bond acceptors (Lipinski definition) is 5. The van der Waals surface area contributed by atoms with Crippen LogP contribution in [0, 0.1) is 0 Å². The summed E-state index contributed by atoms with van der Waals surface area (Å²) in [6.45, 7) is 3.46. The molecule has 28 heavy (non-hydrogen) atoms. The third-order valence-electron chi connectivity index (χ3n) is 4.86. The van der Waals surface area contributed by atoms with E-state index >= 15 is 0 Å². The lowest BCUT2D eigenvalue weighted by atomic mass is 10.2. The van der Waals surface area contributed by atoms with Crippen molar-refractivity contribution >= 4 is 28.9 Å². The Balaban J connectivity index is 1.42. The first-order valence-corrected chi connectivity index (χ1v) is 9.45. The molecule has 2 aliphatic heterocycles. The van der Waals surface area contributed by atoms with Crippen LogP contribution in [0.1, 0.15) is 6.42 Å². The number of para-hydroxylation sites is 2. The molecule has 0 spiro atoms. The number of ether oxygens (including phenoxy) is 2. The van der Waals surface area contributed by atoms with Crippen molar-refractivity contribution in [3.63, 3.8) is 0 Å². The van der Waals surface area contributed by atoms with Crippen LogP contribution in [0.15, 0.2) is 48.5 Å². The molecule has 7 nitrogen and oxygen atoms in total. The summed E-state index contributed by atoms with van der Waals surface area (Å²) < 4.78 is 11.0. The lowest BCUT2D eigenvalue weighted by molar-refractivity contribution is -0.121. The standard InChI is InChI=1S/C21H23N3O4/c25-20(15-24-18-3-1-2-4-19(18)28-12-9-21(24)26)22-16-5-7-17(8-6-16)23-10-13-27-14-11-23/h1-8H,9-15H2,(H,22,25). The van der Waals surface area contributed by atoms with Gasteiger partial charge in [0.2, 0.25) is 11.8 Å². The van der Waals surface area contributed by atoms with E-state index in [0.717, 1.165) is 32.0 Å². The lowest BCUT2D eigenvalue weighted by Crippen LogP contribution is -2.37. The minimum absolute atomic E-state index is 0.0512. The molecule has 2 aliphatic rings. The van der Waals surface area contributed by atoms with Gasteiger partial charge in [-0.05, 0) is 36.4 Å². The first-order chi connectivity index (χ1) is 13.7. The second-order valence-corrected chi connectivity index (χ2v) is 6.74. The smallest absolute Gasteiger partial charge is 0.244 e. The largest absolute Gasteiger partial charge is 0.491 e.